The summed E-state index contributed by atoms with van der Waals surface area (Å²) in [6.07, 6.45) is 0. The van der Waals surface area contributed by atoms with Crippen LogP contribution >= 0.6 is 0 Å². The molecule has 0 unspecified atom stereocenters. The molecule has 3 nitrogen and oxygen atoms in total. The topological polar surface area (TPSA) is 22.8 Å². The van der Waals surface area contributed by atoms with Crippen LogP contribution in [-0.4, -0.2) is 14.1 Å². The van der Waals surface area contributed by atoms with Crippen LogP contribution in [0.5, 0.6) is 0 Å². The van der Waals surface area contributed by atoms with Crippen molar-refractivity contribution >= 4 is 54.4 Å². The van der Waals surface area contributed by atoms with Crippen molar-refractivity contribution in [2.24, 2.45) is 0 Å². The van der Waals surface area contributed by atoms with Gasteiger partial charge in [0.2, 0.25) is 0 Å². The molecule has 252 valence electrons. The van der Waals surface area contributed by atoms with Crippen molar-refractivity contribution < 1.29 is 0 Å². The number of benzene rings is 8. The largest absolute Gasteiger partial charge is 0.309 e. The van der Waals surface area contributed by atoms with E-state index in [0.717, 1.165) is 39.5 Å². The first-order valence-corrected chi connectivity index (χ1v) is 18.5. The summed E-state index contributed by atoms with van der Waals surface area (Å²) in [6, 6.07) is 71.9. The highest BCUT2D eigenvalue weighted by atomic mass is 15.0. The molecule has 0 bridgehead atoms. The average Bonchev–Trinajstić information content (AvgIpc) is 3.77. The Morgan fingerprint density at radius 3 is 1.54 bits per heavy atom. The predicted octanol–water partition coefficient (Wildman–Crippen LogP) is 13.4. The average molecular weight is 688 g/mol. The number of rotatable bonds is 5. The van der Waals surface area contributed by atoms with Gasteiger partial charge in [-0.3, -0.25) is 0 Å². The summed E-state index contributed by atoms with van der Waals surface area (Å²) in [5, 5.41) is 7.39. The Balaban J connectivity index is 1.17. The van der Waals surface area contributed by atoms with Gasteiger partial charge in [0.15, 0.2) is 0 Å². The predicted molar refractivity (Wildman–Crippen MR) is 227 cm³/mol. The number of aromatic nitrogens is 3. The zero-order chi connectivity index (χ0) is 35.6. The molecule has 0 fully saturated rings. The van der Waals surface area contributed by atoms with Gasteiger partial charge in [-0.25, -0.2) is 4.98 Å². The number of para-hydroxylation sites is 3. The molecule has 0 N–H and O–H groups in total. The van der Waals surface area contributed by atoms with Crippen LogP contribution in [0.4, 0.5) is 0 Å². The maximum Gasteiger partial charge on any atom is 0.0721 e. The van der Waals surface area contributed by atoms with Crippen molar-refractivity contribution in [3.8, 4) is 45.0 Å². The Kier molecular flexibility index (Phi) is 6.86. The highest BCUT2D eigenvalue weighted by molar-refractivity contribution is 6.29. The zero-order valence-corrected chi connectivity index (χ0v) is 29.4. The van der Waals surface area contributed by atoms with Gasteiger partial charge >= 0.3 is 0 Å². The molecule has 0 atom stereocenters. The van der Waals surface area contributed by atoms with Crippen LogP contribution in [-0.2, 0) is 0 Å². The summed E-state index contributed by atoms with van der Waals surface area (Å²) in [5.41, 5.74) is 13.5. The van der Waals surface area contributed by atoms with Crippen LogP contribution in [0.2, 0.25) is 0 Å². The van der Waals surface area contributed by atoms with Gasteiger partial charge in [-0.05, 0) is 82.6 Å². The molecule has 0 saturated carbocycles. The molecule has 3 aromatic heterocycles. The minimum Gasteiger partial charge on any atom is -0.309 e. The summed E-state index contributed by atoms with van der Waals surface area (Å²) in [5.74, 6) is 0. The van der Waals surface area contributed by atoms with Gasteiger partial charge in [0.1, 0.15) is 0 Å². The van der Waals surface area contributed by atoms with Gasteiger partial charge < -0.3 is 9.13 Å². The van der Waals surface area contributed by atoms with E-state index < -0.39 is 0 Å². The number of hydrogen-bond donors (Lipinski definition) is 0. The molecule has 54 heavy (non-hydrogen) atoms. The Labute approximate surface area is 312 Å². The van der Waals surface area contributed by atoms with Gasteiger partial charge in [-0.1, -0.05) is 140 Å². The molecule has 0 aliphatic heterocycles. The molecular formula is C51H33N3. The van der Waals surface area contributed by atoms with E-state index >= 15 is 0 Å². The summed E-state index contributed by atoms with van der Waals surface area (Å²) in [7, 11) is 0. The first-order valence-electron chi connectivity index (χ1n) is 18.5. The van der Waals surface area contributed by atoms with Gasteiger partial charge in [0.25, 0.3) is 0 Å². The Bertz CT molecular complexity index is 3130. The lowest BCUT2D eigenvalue weighted by molar-refractivity contribution is 1.17. The Morgan fingerprint density at radius 2 is 0.870 bits per heavy atom. The lowest BCUT2D eigenvalue weighted by atomic mass is 9.97. The smallest absolute Gasteiger partial charge is 0.0721 e. The molecule has 11 rings (SSSR count). The van der Waals surface area contributed by atoms with Crippen molar-refractivity contribution in [3.05, 3.63) is 200 Å². The third kappa shape index (κ3) is 4.72. The molecule has 3 heteroatoms. The molecule has 11 aromatic rings. The molecule has 8 aromatic carbocycles. The molecule has 0 radical (unpaired) electrons. The molecule has 0 amide bonds. The van der Waals surface area contributed by atoms with E-state index in [1.165, 1.54) is 59.9 Å². The van der Waals surface area contributed by atoms with Gasteiger partial charge in [-0.2, -0.15) is 0 Å². The lowest BCUT2D eigenvalue weighted by Crippen LogP contribution is -1.96. The van der Waals surface area contributed by atoms with Crippen molar-refractivity contribution in [2.45, 2.75) is 0 Å². The van der Waals surface area contributed by atoms with E-state index in [9.17, 15) is 0 Å². The summed E-state index contributed by atoms with van der Waals surface area (Å²) < 4.78 is 4.84. The van der Waals surface area contributed by atoms with E-state index in [4.69, 9.17) is 4.98 Å². The molecule has 0 spiro atoms. The third-order valence-corrected chi connectivity index (χ3v) is 10.9. The van der Waals surface area contributed by atoms with E-state index in [0.29, 0.717) is 0 Å². The van der Waals surface area contributed by atoms with Crippen LogP contribution in [0, 0.1) is 0 Å². The number of hydrogen-bond acceptors (Lipinski definition) is 1. The molecule has 0 aliphatic rings. The van der Waals surface area contributed by atoms with Crippen LogP contribution in [0.3, 0.4) is 0 Å². The van der Waals surface area contributed by atoms with Gasteiger partial charge in [-0.15, -0.1) is 0 Å². The summed E-state index contributed by atoms with van der Waals surface area (Å²) in [4.78, 5) is 5.32. The van der Waals surface area contributed by atoms with Crippen LogP contribution < -0.4 is 0 Å². The SMILES string of the molecule is c1ccc(-c2cc(-c3ccccc3)nc(-c3cccc4ccc(-n5c6ccccc6c6c7c8ccccc8n(-c8ccccc8)c7ccc65)cc34)c2)cc1. The minimum absolute atomic E-state index is 0.954. The first kappa shape index (κ1) is 30.4. The van der Waals surface area contributed by atoms with E-state index in [1.807, 2.05) is 0 Å². The second-order valence-electron chi connectivity index (χ2n) is 14.0. The fourth-order valence-corrected chi connectivity index (χ4v) is 8.50. The third-order valence-electron chi connectivity index (χ3n) is 10.9. The van der Waals surface area contributed by atoms with Crippen molar-refractivity contribution in [3.63, 3.8) is 0 Å². The van der Waals surface area contributed by atoms with Crippen LogP contribution in [0.25, 0.3) is 99.4 Å². The summed E-state index contributed by atoms with van der Waals surface area (Å²) in [6.45, 7) is 0. The molecule has 0 saturated heterocycles. The van der Waals surface area contributed by atoms with Crippen LogP contribution in [0.1, 0.15) is 0 Å². The Morgan fingerprint density at radius 1 is 0.315 bits per heavy atom. The molecule has 0 aliphatic carbocycles. The standard InChI is InChI=1S/C51H33N3/c1-4-15-34(16-5-1)37-31-44(36-17-6-2-7-18-36)52-45(32-37)40-24-14-19-35-27-28-39(33-43(35)40)54-47-26-13-11-23-42(47)51-49(54)30-29-48-50(51)41-22-10-12-25-46(41)53(48)38-20-8-3-9-21-38/h1-33H. The lowest BCUT2D eigenvalue weighted by Gasteiger charge is -2.14. The monoisotopic (exact) mass is 687 g/mol. The van der Waals surface area contributed by atoms with E-state index in [2.05, 4.69) is 209 Å². The quantitative estimate of drug-likeness (QED) is 0.177. The van der Waals surface area contributed by atoms with E-state index in [-0.39, 0.29) is 0 Å². The number of nitrogens with zero attached hydrogens (tertiary/aromatic N) is 3. The van der Waals surface area contributed by atoms with Crippen LogP contribution in [0.15, 0.2) is 200 Å². The molecule has 3 heterocycles. The summed E-state index contributed by atoms with van der Waals surface area (Å²) >= 11 is 0. The highest BCUT2D eigenvalue weighted by Crippen LogP contribution is 2.43. The number of pyridine rings is 1. The van der Waals surface area contributed by atoms with Gasteiger partial charge in [0, 0.05) is 44.0 Å². The molecular weight excluding hydrogens is 655 g/mol. The maximum absolute atomic E-state index is 5.32. The normalized spacial score (nSPS) is 11.7. The minimum atomic E-state index is 0.954. The highest BCUT2D eigenvalue weighted by Gasteiger charge is 2.21. The zero-order valence-electron chi connectivity index (χ0n) is 29.4. The van der Waals surface area contributed by atoms with Crippen molar-refractivity contribution in [2.75, 3.05) is 0 Å². The van der Waals surface area contributed by atoms with E-state index in [1.54, 1.807) is 0 Å². The van der Waals surface area contributed by atoms with Gasteiger partial charge in [0.05, 0.1) is 33.5 Å². The van der Waals surface area contributed by atoms with Crippen molar-refractivity contribution in [1.29, 1.82) is 0 Å². The second kappa shape index (κ2) is 12.2. The maximum atomic E-state index is 5.32. The second-order valence-corrected chi connectivity index (χ2v) is 14.0. The Hall–Kier alpha value is -7.23. The fourth-order valence-electron chi connectivity index (χ4n) is 8.50. The fraction of sp³-hybridized carbons (Fsp3) is 0. The number of fused-ring (bicyclic) bond motifs is 8. The van der Waals surface area contributed by atoms with Crippen molar-refractivity contribution in [1.82, 2.24) is 14.1 Å². The first-order chi connectivity index (χ1) is 26.8.